The highest BCUT2D eigenvalue weighted by Gasteiger charge is 2.51. The first-order chi connectivity index (χ1) is 8.95. The Kier molecular flexibility index (Phi) is 2.77. The minimum absolute atomic E-state index is 0.138. The van der Waals surface area contributed by atoms with Gasteiger partial charge in [0, 0.05) is 0 Å². The molecule has 3 aliphatic rings. The number of nitrogens with zero attached hydrogens (tertiary/aromatic N) is 4. The van der Waals surface area contributed by atoms with Gasteiger partial charge in [-0.05, 0) is 13.8 Å². The van der Waals surface area contributed by atoms with Crippen LogP contribution >= 0.6 is 12.6 Å². The van der Waals surface area contributed by atoms with Crippen molar-refractivity contribution >= 4 is 37.0 Å². The van der Waals surface area contributed by atoms with Crippen molar-refractivity contribution in [1.29, 1.82) is 5.41 Å². The van der Waals surface area contributed by atoms with E-state index in [-0.39, 0.29) is 17.2 Å². The summed E-state index contributed by atoms with van der Waals surface area (Å²) in [6, 6.07) is 0. The number of nitrogens with one attached hydrogen (secondary N) is 1. The standard InChI is InChI=1S/C11H15N5O2S/c1-5-6(17)7(19)8(18-5)16-4-15-11(2)9(12)13-3-14-10(11)16/h3-8,12,17,19H,1-2H3/t5-,6-,7-,8-,11?/m1/s1. The van der Waals surface area contributed by atoms with Gasteiger partial charge in [-0.1, -0.05) is 0 Å². The zero-order valence-electron chi connectivity index (χ0n) is 10.6. The molecule has 0 spiro atoms. The molecular formula is C11H15N5O2S. The van der Waals surface area contributed by atoms with Crippen molar-refractivity contribution < 1.29 is 9.84 Å². The molecule has 0 aromatic carbocycles. The van der Waals surface area contributed by atoms with Crippen molar-refractivity contribution in [3.05, 3.63) is 0 Å². The number of aliphatic hydroxyl groups is 1. The highest BCUT2D eigenvalue weighted by atomic mass is 32.1. The van der Waals surface area contributed by atoms with Crippen LogP contribution in [0.4, 0.5) is 0 Å². The van der Waals surface area contributed by atoms with E-state index in [9.17, 15) is 5.11 Å². The number of aliphatic hydroxyl groups excluding tert-OH is 1. The Balaban J connectivity index is 1.93. The van der Waals surface area contributed by atoms with Gasteiger partial charge in [0.15, 0.2) is 17.6 Å². The molecule has 1 unspecified atom stereocenters. The van der Waals surface area contributed by atoms with Gasteiger partial charge in [-0.15, -0.1) is 0 Å². The molecule has 8 heteroatoms. The second-order valence-electron chi connectivity index (χ2n) is 4.98. The molecule has 2 N–H and O–H groups in total. The first-order valence-electron chi connectivity index (χ1n) is 6.00. The summed E-state index contributed by atoms with van der Waals surface area (Å²) in [5, 5.41) is 17.4. The lowest BCUT2D eigenvalue weighted by molar-refractivity contribution is -0.00725. The molecule has 0 bridgehead atoms. The molecule has 7 nitrogen and oxygen atoms in total. The van der Waals surface area contributed by atoms with Gasteiger partial charge in [0.25, 0.3) is 0 Å². The van der Waals surface area contributed by atoms with Gasteiger partial charge >= 0.3 is 0 Å². The van der Waals surface area contributed by atoms with Gasteiger partial charge in [0.1, 0.15) is 12.2 Å². The van der Waals surface area contributed by atoms with E-state index in [1.54, 1.807) is 25.1 Å². The molecule has 102 valence electrons. The third-order valence-corrected chi connectivity index (χ3v) is 4.26. The van der Waals surface area contributed by atoms with Crippen LogP contribution in [-0.2, 0) is 4.74 Å². The van der Waals surface area contributed by atoms with Crippen LogP contribution in [0, 0.1) is 5.41 Å². The van der Waals surface area contributed by atoms with E-state index in [1.807, 2.05) is 0 Å². The number of rotatable bonds is 1. The van der Waals surface area contributed by atoms with Crippen molar-refractivity contribution in [2.24, 2.45) is 15.0 Å². The topological polar surface area (TPSA) is 93.6 Å². The molecule has 0 saturated carbocycles. The average Bonchev–Trinajstić information content (AvgIpc) is 2.84. The minimum atomic E-state index is -0.873. The Hall–Kier alpha value is -1.25. The van der Waals surface area contributed by atoms with Crippen molar-refractivity contribution in [2.75, 3.05) is 0 Å². The zero-order valence-corrected chi connectivity index (χ0v) is 11.5. The van der Waals surface area contributed by atoms with Crippen molar-refractivity contribution in [1.82, 2.24) is 4.90 Å². The fraction of sp³-hybridized carbons (Fsp3) is 0.636. The van der Waals surface area contributed by atoms with Crippen LogP contribution in [0.15, 0.2) is 15.0 Å². The summed E-state index contributed by atoms with van der Waals surface area (Å²) >= 11 is 4.40. The molecule has 0 aromatic heterocycles. The largest absolute Gasteiger partial charge is 0.389 e. The number of aliphatic imine (C=N–C) groups is 3. The molecule has 0 aliphatic carbocycles. The summed E-state index contributed by atoms with van der Waals surface area (Å²) in [6.45, 7) is 3.58. The van der Waals surface area contributed by atoms with Crippen LogP contribution in [0.3, 0.4) is 0 Å². The molecule has 1 fully saturated rings. The van der Waals surface area contributed by atoms with E-state index >= 15 is 0 Å². The maximum Gasteiger partial charge on any atom is 0.176 e. The zero-order chi connectivity index (χ0) is 13.8. The Morgan fingerprint density at radius 3 is 2.95 bits per heavy atom. The molecule has 0 amide bonds. The van der Waals surface area contributed by atoms with Gasteiger partial charge in [0.2, 0.25) is 0 Å². The van der Waals surface area contributed by atoms with Gasteiger partial charge < -0.3 is 9.84 Å². The lowest BCUT2D eigenvalue weighted by Gasteiger charge is -2.31. The van der Waals surface area contributed by atoms with E-state index < -0.39 is 17.9 Å². The van der Waals surface area contributed by atoms with E-state index in [0.717, 1.165) is 0 Å². The molecule has 3 aliphatic heterocycles. The predicted octanol–water partition coefficient (Wildman–Crippen LogP) is -0.0892. The lowest BCUT2D eigenvalue weighted by atomic mass is 9.99. The number of hydrogen-bond donors (Lipinski definition) is 3. The molecule has 3 heterocycles. The van der Waals surface area contributed by atoms with Crippen LogP contribution in [-0.4, -0.2) is 63.6 Å². The van der Waals surface area contributed by atoms with Crippen LogP contribution in [0.25, 0.3) is 0 Å². The minimum Gasteiger partial charge on any atom is -0.389 e. The van der Waals surface area contributed by atoms with E-state index in [2.05, 4.69) is 27.6 Å². The first kappa shape index (κ1) is 12.8. The molecule has 0 aromatic rings. The Labute approximate surface area is 116 Å². The number of hydrogen-bond acceptors (Lipinski definition) is 7. The normalized spacial score (nSPS) is 44.7. The fourth-order valence-corrected chi connectivity index (χ4v) is 2.87. The lowest BCUT2D eigenvalue weighted by Crippen LogP contribution is -2.51. The van der Waals surface area contributed by atoms with Crippen LogP contribution in [0.5, 0.6) is 0 Å². The number of amidine groups is 2. The van der Waals surface area contributed by atoms with Crippen LogP contribution in [0.1, 0.15) is 13.8 Å². The molecular weight excluding hydrogens is 266 g/mol. The van der Waals surface area contributed by atoms with Crippen LogP contribution < -0.4 is 0 Å². The van der Waals surface area contributed by atoms with Gasteiger partial charge in [-0.25, -0.2) is 9.98 Å². The quantitative estimate of drug-likeness (QED) is 0.586. The summed E-state index contributed by atoms with van der Waals surface area (Å²) in [6.07, 6.45) is 1.53. The predicted molar refractivity (Wildman–Crippen MR) is 75.5 cm³/mol. The summed E-state index contributed by atoms with van der Waals surface area (Å²) in [5.74, 6) is 0.719. The second kappa shape index (κ2) is 4.12. The molecule has 0 radical (unpaired) electrons. The van der Waals surface area contributed by atoms with Crippen LogP contribution in [0.2, 0.25) is 0 Å². The molecule has 5 atom stereocenters. The molecule has 3 rings (SSSR count). The highest BCUT2D eigenvalue weighted by molar-refractivity contribution is 7.81. The van der Waals surface area contributed by atoms with Crippen molar-refractivity contribution in [2.45, 2.75) is 43.1 Å². The third kappa shape index (κ3) is 1.67. The third-order valence-electron chi connectivity index (χ3n) is 3.70. The van der Waals surface area contributed by atoms with E-state index in [0.29, 0.717) is 5.84 Å². The fourth-order valence-electron chi connectivity index (χ4n) is 2.41. The van der Waals surface area contributed by atoms with Gasteiger partial charge in [-0.2, -0.15) is 12.6 Å². The monoisotopic (exact) mass is 281 g/mol. The maximum atomic E-state index is 9.93. The maximum absolute atomic E-state index is 9.93. The Morgan fingerprint density at radius 2 is 2.32 bits per heavy atom. The van der Waals surface area contributed by atoms with Gasteiger partial charge in [0.05, 0.1) is 23.8 Å². The van der Waals surface area contributed by atoms with E-state index in [1.165, 1.54) is 6.34 Å². The van der Waals surface area contributed by atoms with E-state index in [4.69, 9.17) is 10.1 Å². The summed E-state index contributed by atoms with van der Waals surface area (Å²) in [5.41, 5.74) is -0.873. The number of ether oxygens (including phenoxy) is 1. The summed E-state index contributed by atoms with van der Waals surface area (Å²) in [7, 11) is 0. The van der Waals surface area contributed by atoms with Crippen molar-refractivity contribution in [3.8, 4) is 0 Å². The summed E-state index contributed by atoms with van der Waals surface area (Å²) < 4.78 is 5.71. The highest BCUT2D eigenvalue weighted by Crippen LogP contribution is 2.33. The number of fused-ring (bicyclic) bond motifs is 1. The SMILES string of the molecule is C[C@H]1O[C@@H](N2C=NC3(C)C(=N)N=CN=C23)[C@H](S)[C@@H]1O. The van der Waals surface area contributed by atoms with Crippen molar-refractivity contribution in [3.63, 3.8) is 0 Å². The number of thiol groups is 1. The second-order valence-corrected chi connectivity index (χ2v) is 5.58. The Morgan fingerprint density at radius 1 is 1.58 bits per heavy atom. The van der Waals surface area contributed by atoms with Gasteiger partial charge in [-0.3, -0.25) is 15.3 Å². The summed E-state index contributed by atoms with van der Waals surface area (Å²) in [4.78, 5) is 14.1. The smallest absolute Gasteiger partial charge is 0.176 e. The molecule has 1 saturated heterocycles. The Bertz CT molecular complexity index is 519. The first-order valence-corrected chi connectivity index (χ1v) is 6.52. The molecule has 19 heavy (non-hydrogen) atoms. The average molecular weight is 281 g/mol.